The highest BCUT2D eigenvalue weighted by Crippen LogP contribution is 2.25. The van der Waals surface area contributed by atoms with Crippen LogP contribution in [0.4, 0.5) is 0 Å². The largest absolute Gasteiger partial charge is 0.243 e. The summed E-state index contributed by atoms with van der Waals surface area (Å²) in [5, 5.41) is 9.03. The van der Waals surface area contributed by atoms with Gasteiger partial charge in [0.15, 0.2) is 0 Å². The van der Waals surface area contributed by atoms with Crippen molar-refractivity contribution in [3.8, 4) is 6.07 Å². The van der Waals surface area contributed by atoms with Gasteiger partial charge >= 0.3 is 0 Å². The fourth-order valence-corrected chi connectivity index (χ4v) is 4.03. The molecule has 0 aliphatic carbocycles. The van der Waals surface area contributed by atoms with E-state index in [1.54, 1.807) is 0 Å². The molecular weight excluding hydrogens is 308 g/mol. The third-order valence-corrected chi connectivity index (χ3v) is 5.80. The molecular formula is C15H21ClN2O2S. The summed E-state index contributed by atoms with van der Waals surface area (Å²) in [5.74, 6) is 0. The molecule has 0 aliphatic heterocycles. The lowest BCUT2D eigenvalue weighted by Crippen LogP contribution is -2.39. The molecule has 0 heterocycles. The van der Waals surface area contributed by atoms with E-state index in [1.165, 1.54) is 22.5 Å². The van der Waals surface area contributed by atoms with Crippen molar-refractivity contribution < 1.29 is 8.42 Å². The first-order chi connectivity index (χ1) is 9.88. The van der Waals surface area contributed by atoms with E-state index in [9.17, 15) is 8.42 Å². The number of sulfonamides is 1. The molecule has 1 aromatic rings. The molecule has 4 nitrogen and oxygen atoms in total. The summed E-state index contributed by atoms with van der Waals surface area (Å²) in [6.45, 7) is 6.38. The Morgan fingerprint density at radius 3 is 2.52 bits per heavy atom. The SMILES string of the molecule is CCCCN(C(C)CC)S(=O)(=O)c1ccc(C#N)c(Cl)c1. The minimum absolute atomic E-state index is 0.0732. The van der Waals surface area contributed by atoms with Crippen LogP contribution in [0.1, 0.15) is 45.6 Å². The standard InChI is InChI=1S/C15H21ClN2O2S/c1-4-6-9-18(12(3)5-2)21(19,20)14-8-7-13(11-17)15(16)10-14/h7-8,10,12H,4-6,9H2,1-3H3. The molecule has 0 aromatic heterocycles. The monoisotopic (exact) mass is 328 g/mol. The molecule has 0 spiro atoms. The highest BCUT2D eigenvalue weighted by atomic mass is 35.5. The summed E-state index contributed by atoms with van der Waals surface area (Å²) in [5.41, 5.74) is 0.277. The van der Waals surface area contributed by atoms with Crippen LogP contribution in [0.3, 0.4) is 0 Å². The first-order valence-electron chi connectivity index (χ1n) is 7.09. The number of hydrogen-bond donors (Lipinski definition) is 0. The summed E-state index contributed by atoms with van der Waals surface area (Å²) < 4.78 is 27.1. The van der Waals surface area contributed by atoms with Crippen molar-refractivity contribution in [1.82, 2.24) is 4.31 Å². The van der Waals surface area contributed by atoms with Gasteiger partial charge in [0.25, 0.3) is 0 Å². The second kappa shape index (κ2) is 7.79. The fraction of sp³-hybridized carbons (Fsp3) is 0.533. The van der Waals surface area contributed by atoms with E-state index < -0.39 is 10.0 Å². The lowest BCUT2D eigenvalue weighted by molar-refractivity contribution is 0.324. The molecule has 0 fully saturated rings. The minimum atomic E-state index is -3.59. The lowest BCUT2D eigenvalue weighted by atomic mass is 10.2. The first kappa shape index (κ1) is 18.0. The van der Waals surface area contributed by atoms with Gasteiger partial charge in [0.1, 0.15) is 6.07 Å². The molecule has 6 heteroatoms. The van der Waals surface area contributed by atoms with Crippen molar-refractivity contribution in [3.05, 3.63) is 28.8 Å². The van der Waals surface area contributed by atoms with E-state index in [0.29, 0.717) is 6.54 Å². The van der Waals surface area contributed by atoms with Crippen LogP contribution in [0.15, 0.2) is 23.1 Å². The average molecular weight is 329 g/mol. The molecule has 1 atom stereocenters. The maximum absolute atomic E-state index is 12.8. The van der Waals surface area contributed by atoms with E-state index in [1.807, 2.05) is 26.8 Å². The summed E-state index contributed by atoms with van der Waals surface area (Å²) in [4.78, 5) is 0.142. The number of hydrogen-bond acceptors (Lipinski definition) is 3. The zero-order valence-electron chi connectivity index (χ0n) is 12.6. The molecule has 0 radical (unpaired) electrons. The predicted octanol–water partition coefficient (Wildman–Crippen LogP) is 3.80. The van der Waals surface area contributed by atoms with Gasteiger partial charge in [-0.1, -0.05) is 31.9 Å². The van der Waals surface area contributed by atoms with E-state index in [4.69, 9.17) is 16.9 Å². The number of halogens is 1. The molecule has 1 rings (SSSR count). The Bertz CT molecular complexity index is 623. The molecule has 0 amide bonds. The van der Waals surface area contributed by atoms with Gasteiger partial charge in [-0.15, -0.1) is 0 Å². The van der Waals surface area contributed by atoms with Crippen molar-refractivity contribution in [2.75, 3.05) is 6.54 Å². The van der Waals surface area contributed by atoms with Crippen LogP contribution in [-0.4, -0.2) is 25.3 Å². The van der Waals surface area contributed by atoms with Gasteiger partial charge in [-0.2, -0.15) is 9.57 Å². The van der Waals surface area contributed by atoms with Crippen LogP contribution in [0.5, 0.6) is 0 Å². The van der Waals surface area contributed by atoms with E-state index in [2.05, 4.69) is 0 Å². The Balaban J connectivity index is 3.22. The Labute approximate surface area is 132 Å². The summed E-state index contributed by atoms with van der Waals surface area (Å²) in [6.07, 6.45) is 2.48. The van der Waals surface area contributed by atoms with Crippen molar-refractivity contribution in [3.63, 3.8) is 0 Å². The smallest absolute Gasteiger partial charge is 0.207 e. The molecule has 0 saturated carbocycles. The second-order valence-electron chi connectivity index (χ2n) is 4.98. The molecule has 1 aromatic carbocycles. The van der Waals surface area contributed by atoms with Crippen molar-refractivity contribution in [2.24, 2.45) is 0 Å². The van der Waals surface area contributed by atoms with Gasteiger partial charge in [-0.25, -0.2) is 8.42 Å². The van der Waals surface area contributed by atoms with E-state index in [-0.39, 0.29) is 21.5 Å². The Morgan fingerprint density at radius 1 is 1.38 bits per heavy atom. The molecule has 0 aliphatic rings. The van der Waals surface area contributed by atoms with Crippen molar-refractivity contribution >= 4 is 21.6 Å². The number of benzene rings is 1. The van der Waals surface area contributed by atoms with Gasteiger partial charge in [0, 0.05) is 12.6 Å². The fourth-order valence-electron chi connectivity index (χ4n) is 1.98. The van der Waals surface area contributed by atoms with Gasteiger partial charge in [-0.05, 0) is 38.0 Å². The molecule has 21 heavy (non-hydrogen) atoms. The highest BCUT2D eigenvalue weighted by Gasteiger charge is 2.28. The Morgan fingerprint density at radius 2 is 2.05 bits per heavy atom. The lowest BCUT2D eigenvalue weighted by Gasteiger charge is -2.27. The zero-order valence-corrected chi connectivity index (χ0v) is 14.2. The predicted molar refractivity (Wildman–Crippen MR) is 84.7 cm³/mol. The summed E-state index contributed by atoms with van der Waals surface area (Å²) >= 11 is 5.95. The number of nitriles is 1. The third-order valence-electron chi connectivity index (χ3n) is 3.48. The topological polar surface area (TPSA) is 61.2 Å². The van der Waals surface area contributed by atoms with Crippen LogP contribution in [0, 0.1) is 11.3 Å². The highest BCUT2D eigenvalue weighted by molar-refractivity contribution is 7.89. The minimum Gasteiger partial charge on any atom is -0.207 e. The molecule has 0 bridgehead atoms. The quantitative estimate of drug-likeness (QED) is 0.764. The second-order valence-corrected chi connectivity index (χ2v) is 7.28. The van der Waals surface area contributed by atoms with Gasteiger partial charge in [0.05, 0.1) is 15.5 Å². The van der Waals surface area contributed by atoms with Gasteiger partial charge in [0.2, 0.25) is 10.0 Å². The van der Waals surface area contributed by atoms with Crippen LogP contribution in [-0.2, 0) is 10.0 Å². The van der Waals surface area contributed by atoms with Gasteiger partial charge in [-0.3, -0.25) is 0 Å². The third kappa shape index (κ3) is 4.19. The normalized spacial score (nSPS) is 13.1. The van der Waals surface area contributed by atoms with Crippen LogP contribution >= 0.6 is 11.6 Å². The number of unbranched alkanes of at least 4 members (excludes halogenated alkanes) is 1. The number of rotatable bonds is 7. The summed E-state index contributed by atoms with van der Waals surface area (Å²) in [6, 6.07) is 6.11. The molecule has 1 unspecified atom stereocenters. The number of nitrogens with zero attached hydrogens (tertiary/aromatic N) is 2. The summed E-state index contributed by atoms with van der Waals surface area (Å²) in [7, 11) is -3.59. The van der Waals surface area contributed by atoms with Crippen LogP contribution in [0.2, 0.25) is 5.02 Å². The maximum Gasteiger partial charge on any atom is 0.243 e. The van der Waals surface area contributed by atoms with Gasteiger partial charge < -0.3 is 0 Å². The molecule has 0 saturated heterocycles. The van der Waals surface area contributed by atoms with E-state index >= 15 is 0 Å². The van der Waals surface area contributed by atoms with E-state index in [0.717, 1.165) is 19.3 Å². The van der Waals surface area contributed by atoms with Crippen LogP contribution in [0.25, 0.3) is 0 Å². The average Bonchev–Trinajstić information content (AvgIpc) is 2.46. The first-order valence-corrected chi connectivity index (χ1v) is 8.91. The van der Waals surface area contributed by atoms with Crippen molar-refractivity contribution in [2.45, 2.75) is 51.0 Å². The Kier molecular flexibility index (Phi) is 6.66. The maximum atomic E-state index is 12.8. The van der Waals surface area contributed by atoms with Crippen LogP contribution < -0.4 is 0 Å². The Hall–Kier alpha value is -1.09. The van der Waals surface area contributed by atoms with Crippen molar-refractivity contribution in [1.29, 1.82) is 5.26 Å². The zero-order chi connectivity index (χ0) is 16.0. The molecule has 116 valence electrons. The molecule has 0 N–H and O–H groups in total.